The fourth-order valence-corrected chi connectivity index (χ4v) is 4.92. The normalized spacial score (nSPS) is 18.8. The van der Waals surface area contributed by atoms with Crippen LogP contribution in [0.3, 0.4) is 0 Å². The lowest BCUT2D eigenvalue weighted by molar-refractivity contribution is -0.132. The lowest BCUT2D eigenvalue weighted by atomic mass is 9.89. The molecule has 5 rings (SSSR count). The summed E-state index contributed by atoms with van der Waals surface area (Å²) >= 11 is 0. The highest BCUT2D eigenvalue weighted by atomic mass is 16.2. The fraction of sp³-hybridized carbons (Fsp3) is 0.346. The minimum Gasteiger partial charge on any atom is -0.361 e. The number of aryl methyl sites for hydroxylation is 2. The molecular formula is C26H28N4O3. The number of nitrogens with zero attached hydrogens (tertiary/aromatic N) is 1. The van der Waals surface area contributed by atoms with Gasteiger partial charge in [-0.25, -0.2) is 4.79 Å². The fourth-order valence-electron chi connectivity index (χ4n) is 4.92. The molecule has 4 amide bonds. The van der Waals surface area contributed by atoms with E-state index in [1.165, 1.54) is 24.0 Å². The van der Waals surface area contributed by atoms with Crippen LogP contribution < -0.4 is 10.6 Å². The average Bonchev–Trinajstić information content (AvgIpc) is 3.35. The van der Waals surface area contributed by atoms with Gasteiger partial charge >= 0.3 is 6.03 Å². The Bertz CT molecular complexity index is 1230. The molecule has 0 unspecified atom stereocenters. The summed E-state index contributed by atoms with van der Waals surface area (Å²) in [5.74, 6) is -0.724. The highest BCUT2D eigenvalue weighted by Gasteiger charge is 2.39. The molecule has 2 heterocycles. The molecule has 1 aliphatic heterocycles. The van der Waals surface area contributed by atoms with Crippen molar-refractivity contribution in [2.45, 2.75) is 51.1 Å². The Kier molecular flexibility index (Phi) is 5.62. The Hall–Kier alpha value is -3.61. The van der Waals surface area contributed by atoms with Crippen LogP contribution in [0.1, 0.15) is 48.1 Å². The number of para-hydroxylation sites is 1. The second-order valence-corrected chi connectivity index (χ2v) is 9.01. The summed E-state index contributed by atoms with van der Waals surface area (Å²) in [4.78, 5) is 42.2. The second-order valence-electron chi connectivity index (χ2n) is 9.01. The van der Waals surface area contributed by atoms with E-state index in [0.29, 0.717) is 6.42 Å². The van der Waals surface area contributed by atoms with Crippen molar-refractivity contribution in [2.75, 3.05) is 6.54 Å². The van der Waals surface area contributed by atoms with E-state index in [-0.39, 0.29) is 24.4 Å². The molecule has 3 N–H and O–H groups in total. The van der Waals surface area contributed by atoms with Gasteiger partial charge in [0.25, 0.3) is 5.91 Å². The quantitative estimate of drug-likeness (QED) is 0.509. The van der Waals surface area contributed by atoms with E-state index in [2.05, 4.69) is 33.8 Å². The molecule has 2 aromatic carbocycles. The molecule has 0 radical (unpaired) electrons. The SMILES string of the molecule is C[C@H](NC(=O)CN1C(=O)N[C@H](Cc2c[nH]c3ccccc23)C1=O)c1ccc2c(c1)CCCC2. The van der Waals surface area contributed by atoms with Crippen molar-refractivity contribution in [1.29, 1.82) is 0 Å². The number of aromatic nitrogens is 1. The van der Waals surface area contributed by atoms with Crippen molar-refractivity contribution in [3.05, 3.63) is 70.9 Å². The maximum atomic E-state index is 12.9. The molecule has 2 atom stereocenters. The van der Waals surface area contributed by atoms with Gasteiger partial charge in [0.1, 0.15) is 12.6 Å². The summed E-state index contributed by atoms with van der Waals surface area (Å²) < 4.78 is 0. The van der Waals surface area contributed by atoms with Crippen LogP contribution in [0, 0.1) is 0 Å². The first-order valence-electron chi connectivity index (χ1n) is 11.6. The highest BCUT2D eigenvalue weighted by Crippen LogP contribution is 2.25. The summed E-state index contributed by atoms with van der Waals surface area (Å²) in [5.41, 5.74) is 5.73. The summed E-state index contributed by atoms with van der Waals surface area (Å²) in [5, 5.41) is 6.69. The third kappa shape index (κ3) is 4.23. The molecule has 170 valence electrons. The Morgan fingerprint density at radius 2 is 1.91 bits per heavy atom. The van der Waals surface area contributed by atoms with Crippen LogP contribution in [-0.2, 0) is 28.9 Å². The van der Waals surface area contributed by atoms with E-state index >= 15 is 0 Å². The molecular weight excluding hydrogens is 416 g/mol. The molecule has 33 heavy (non-hydrogen) atoms. The van der Waals surface area contributed by atoms with Crippen molar-refractivity contribution in [3.8, 4) is 0 Å². The first-order chi connectivity index (χ1) is 16.0. The van der Waals surface area contributed by atoms with E-state index in [4.69, 9.17) is 0 Å². The van der Waals surface area contributed by atoms with E-state index in [9.17, 15) is 14.4 Å². The average molecular weight is 445 g/mol. The zero-order valence-corrected chi connectivity index (χ0v) is 18.7. The smallest absolute Gasteiger partial charge is 0.325 e. The van der Waals surface area contributed by atoms with E-state index < -0.39 is 12.1 Å². The lowest BCUT2D eigenvalue weighted by Crippen LogP contribution is -2.42. The largest absolute Gasteiger partial charge is 0.361 e. The molecule has 7 heteroatoms. The zero-order valence-electron chi connectivity index (χ0n) is 18.7. The third-order valence-electron chi connectivity index (χ3n) is 6.76. The summed E-state index contributed by atoms with van der Waals surface area (Å²) in [7, 11) is 0. The van der Waals surface area contributed by atoms with Gasteiger partial charge in [0.05, 0.1) is 6.04 Å². The third-order valence-corrected chi connectivity index (χ3v) is 6.76. The van der Waals surface area contributed by atoms with Gasteiger partial charge in [0.2, 0.25) is 5.91 Å². The molecule has 0 spiro atoms. The van der Waals surface area contributed by atoms with Crippen molar-refractivity contribution in [3.63, 3.8) is 0 Å². The van der Waals surface area contributed by atoms with E-state index in [0.717, 1.165) is 39.8 Å². The van der Waals surface area contributed by atoms with Crippen LogP contribution in [0.4, 0.5) is 4.79 Å². The first kappa shape index (κ1) is 21.2. The van der Waals surface area contributed by atoms with Crippen molar-refractivity contribution >= 4 is 28.7 Å². The molecule has 1 fully saturated rings. The molecule has 7 nitrogen and oxygen atoms in total. The molecule has 1 aliphatic carbocycles. The number of amides is 4. The lowest BCUT2D eigenvalue weighted by Gasteiger charge is -2.21. The minimum absolute atomic E-state index is 0.201. The van der Waals surface area contributed by atoms with Crippen molar-refractivity contribution < 1.29 is 14.4 Å². The zero-order chi connectivity index (χ0) is 22.9. The summed E-state index contributed by atoms with van der Waals surface area (Å²) in [6, 6.07) is 12.8. The van der Waals surface area contributed by atoms with Crippen LogP contribution in [0.5, 0.6) is 0 Å². The number of urea groups is 1. The molecule has 1 aromatic heterocycles. The molecule has 1 saturated heterocycles. The molecule has 3 aromatic rings. The monoisotopic (exact) mass is 444 g/mol. The predicted octanol–water partition coefficient (Wildman–Crippen LogP) is 3.39. The van der Waals surface area contributed by atoms with Gasteiger partial charge in [-0.2, -0.15) is 0 Å². The molecule has 0 saturated carbocycles. The number of nitrogens with one attached hydrogen (secondary N) is 3. The topological polar surface area (TPSA) is 94.3 Å². The highest BCUT2D eigenvalue weighted by molar-refractivity contribution is 6.06. The van der Waals surface area contributed by atoms with Crippen LogP contribution in [-0.4, -0.2) is 40.3 Å². The predicted molar refractivity (Wildman–Crippen MR) is 126 cm³/mol. The number of aromatic amines is 1. The van der Waals surface area contributed by atoms with E-state index in [1.807, 2.05) is 37.4 Å². The van der Waals surface area contributed by atoms with Gasteiger partial charge in [-0.3, -0.25) is 14.5 Å². The number of fused-ring (bicyclic) bond motifs is 2. The van der Waals surface area contributed by atoms with Crippen molar-refractivity contribution in [1.82, 2.24) is 20.5 Å². The maximum absolute atomic E-state index is 12.9. The number of imide groups is 1. The van der Waals surface area contributed by atoms with Gasteiger partial charge in [-0.15, -0.1) is 0 Å². The number of hydrogen-bond acceptors (Lipinski definition) is 3. The minimum atomic E-state index is -0.678. The van der Waals surface area contributed by atoms with Gasteiger partial charge in [-0.05, 0) is 60.9 Å². The van der Waals surface area contributed by atoms with Crippen LogP contribution >= 0.6 is 0 Å². The summed E-state index contributed by atoms with van der Waals surface area (Å²) in [6.45, 7) is 1.64. The van der Waals surface area contributed by atoms with Crippen molar-refractivity contribution in [2.24, 2.45) is 0 Å². The Labute approximate surface area is 192 Å². The standard InChI is InChI=1S/C26H28N4O3/c1-16(18-11-10-17-6-2-3-7-19(17)12-18)28-24(31)15-30-25(32)23(29-26(30)33)13-20-14-27-22-9-5-4-8-21(20)22/h4-5,8-12,14,16,23,27H,2-3,6-7,13,15H2,1H3,(H,28,31)(H,29,33)/t16-,23+/m0/s1. The van der Waals surface area contributed by atoms with Crippen LogP contribution in [0.15, 0.2) is 48.7 Å². The van der Waals surface area contributed by atoms with Gasteiger partial charge in [-0.1, -0.05) is 36.4 Å². The van der Waals surface area contributed by atoms with Gasteiger partial charge < -0.3 is 15.6 Å². The Morgan fingerprint density at radius 3 is 2.76 bits per heavy atom. The Morgan fingerprint density at radius 1 is 1.12 bits per heavy atom. The Balaban J connectivity index is 1.21. The first-order valence-corrected chi connectivity index (χ1v) is 11.6. The van der Waals surface area contributed by atoms with Gasteiger partial charge in [0.15, 0.2) is 0 Å². The van der Waals surface area contributed by atoms with Crippen LogP contribution in [0.25, 0.3) is 10.9 Å². The molecule has 2 aliphatic rings. The second kappa shape index (κ2) is 8.73. The molecule has 0 bridgehead atoms. The number of carbonyl (C=O) groups is 3. The summed E-state index contributed by atoms with van der Waals surface area (Å²) in [6.07, 6.45) is 6.85. The number of H-pyrrole nitrogens is 1. The number of hydrogen-bond donors (Lipinski definition) is 3. The van der Waals surface area contributed by atoms with Gasteiger partial charge in [0, 0.05) is 23.5 Å². The van der Waals surface area contributed by atoms with E-state index in [1.54, 1.807) is 0 Å². The number of carbonyl (C=O) groups excluding carboxylic acids is 3. The number of benzene rings is 2. The maximum Gasteiger partial charge on any atom is 0.325 e. The van der Waals surface area contributed by atoms with Crippen LogP contribution in [0.2, 0.25) is 0 Å². The number of rotatable bonds is 6.